The van der Waals surface area contributed by atoms with Crippen molar-refractivity contribution < 1.29 is 4.79 Å². The molecule has 2 fully saturated rings. The maximum atomic E-state index is 11.6. The Hall–Kier alpha value is -1.55. The lowest BCUT2D eigenvalue weighted by molar-refractivity contribution is 0.0963. The van der Waals surface area contributed by atoms with Crippen molar-refractivity contribution in [3.8, 4) is 0 Å². The first kappa shape index (κ1) is 14.4. The van der Waals surface area contributed by atoms with Crippen molar-refractivity contribution in [2.45, 2.75) is 44.2 Å². The number of anilines is 1. The summed E-state index contributed by atoms with van der Waals surface area (Å²) in [5.41, 5.74) is 1.83. The standard InChI is InChI=1S/C17H25N3O/c1-18-17(21)12-7-9-13(10-8-12)20-16-5-2-4-14(16)15-6-3-11-19-15/h7-10,14-16,19-20H,2-6,11H2,1H3,(H,18,21). The molecule has 1 amide bonds. The zero-order valence-corrected chi connectivity index (χ0v) is 12.7. The number of hydrogen-bond acceptors (Lipinski definition) is 3. The molecule has 1 saturated heterocycles. The second-order valence-corrected chi connectivity index (χ2v) is 6.20. The number of carbonyl (C=O) groups excluding carboxylic acids is 1. The Labute approximate surface area is 126 Å². The molecule has 1 aliphatic carbocycles. The molecule has 1 heterocycles. The van der Waals surface area contributed by atoms with Crippen molar-refractivity contribution in [1.82, 2.24) is 10.6 Å². The molecule has 0 spiro atoms. The number of hydrogen-bond donors (Lipinski definition) is 3. The summed E-state index contributed by atoms with van der Waals surface area (Å²) in [4.78, 5) is 11.6. The summed E-state index contributed by atoms with van der Waals surface area (Å²) in [5.74, 6) is 0.710. The zero-order valence-electron chi connectivity index (χ0n) is 12.7. The van der Waals surface area contributed by atoms with Gasteiger partial charge in [-0.15, -0.1) is 0 Å². The molecule has 1 aromatic carbocycles. The molecule has 0 bridgehead atoms. The highest BCUT2D eigenvalue weighted by Gasteiger charge is 2.34. The quantitative estimate of drug-likeness (QED) is 0.797. The molecule has 0 aromatic heterocycles. The molecule has 2 aliphatic rings. The fourth-order valence-corrected chi connectivity index (χ4v) is 3.80. The van der Waals surface area contributed by atoms with Crippen molar-refractivity contribution in [2.75, 3.05) is 18.9 Å². The smallest absolute Gasteiger partial charge is 0.251 e. The predicted octanol–water partition coefficient (Wildman–Crippen LogP) is 2.38. The average Bonchev–Trinajstić information content (AvgIpc) is 3.18. The molecular formula is C17H25N3O. The van der Waals surface area contributed by atoms with Gasteiger partial charge in [0, 0.05) is 30.4 Å². The van der Waals surface area contributed by atoms with Crippen molar-refractivity contribution in [3.05, 3.63) is 29.8 Å². The van der Waals surface area contributed by atoms with E-state index in [0.717, 1.165) is 11.6 Å². The van der Waals surface area contributed by atoms with Gasteiger partial charge in [-0.1, -0.05) is 6.42 Å². The normalized spacial score (nSPS) is 28.5. The summed E-state index contributed by atoms with van der Waals surface area (Å²) < 4.78 is 0. The Bertz CT molecular complexity index is 479. The van der Waals surface area contributed by atoms with E-state index in [1.807, 2.05) is 24.3 Å². The minimum absolute atomic E-state index is 0.0320. The Balaban J connectivity index is 1.63. The van der Waals surface area contributed by atoms with Crippen LogP contribution in [0.15, 0.2) is 24.3 Å². The maximum absolute atomic E-state index is 11.6. The predicted molar refractivity (Wildman–Crippen MR) is 85.6 cm³/mol. The fraction of sp³-hybridized carbons (Fsp3) is 0.588. The van der Waals surface area contributed by atoms with E-state index < -0.39 is 0 Å². The molecule has 3 N–H and O–H groups in total. The van der Waals surface area contributed by atoms with Gasteiger partial charge in [0.25, 0.3) is 5.91 Å². The summed E-state index contributed by atoms with van der Waals surface area (Å²) in [6.45, 7) is 1.18. The van der Waals surface area contributed by atoms with Gasteiger partial charge in [0.05, 0.1) is 0 Å². The molecule has 4 heteroatoms. The summed E-state index contributed by atoms with van der Waals surface area (Å²) in [5, 5.41) is 9.98. The minimum atomic E-state index is -0.0320. The van der Waals surface area contributed by atoms with Crippen LogP contribution in [0.1, 0.15) is 42.5 Å². The van der Waals surface area contributed by atoms with Crippen molar-refractivity contribution in [2.24, 2.45) is 5.92 Å². The van der Waals surface area contributed by atoms with Crippen molar-refractivity contribution in [1.29, 1.82) is 0 Å². The molecule has 114 valence electrons. The van der Waals surface area contributed by atoms with E-state index in [4.69, 9.17) is 0 Å². The van der Waals surface area contributed by atoms with E-state index in [9.17, 15) is 4.79 Å². The Morgan fingerprint density at radius 2 is 1.95 bits per heavy atom. The molecule has 0 radical (unpaired) electrons. The highest BCUT2D eigenvalue weighted by atomic mass is 16.1. The van der Waals surface area contributed by atoms with Crippen LogP contribution in [0.2, 0.25) is 0 Å². The average molecular weight is 287 g/mol. The molecule has 3 atom stereocenters. The van der Waals surface area contributed by atoms with Crippen LogP contribution in [0.5, 0.6) is 0 Å². The summed E-state index contributed by atoms with van der Waals surface area (Å²) in [7, 11) is 1.66. The summed E-state index contributed by atoms with van der Waals surface area (Å²) in [6.07, 6.45) is 6.52. The highest BCUT2D eigenvalue weighted by Crippen LogP contribution is 2.33. The van der Waals surface area contributed by atoms with Gasteiger partial charge >= 0.3 is 0 Å². The molecule has 3 rings (SSSR count). The number of nitrogens with one attached hydrogen (secondary N) is 3. The van der Waals surface area contributed by atoms with Crippen LogP contribution in [0.4, 0.5) is 5.69 Å². The van der Waals surface area contributed by atoms with Crippen molar-refractivity contribution in [3.63, 3.8) is 0 Å². The van der Waals surface area contributed by atoms with Gasteiger partial charge in [0.2, 0.25) is 0 Å². The van der Waals surface area contributed by atoms with E-state index >= 15 is 0 Å². The van der Waals surface area contributed by atoms with E-state index in [0.29, 0.717) is 17.6 Å². The molecule has 1 saturated carbocycles. The summed E-state index contributed by atoms with van der Waals surface area (Å²) in [6, 6.07) is 9.06. The van der Waals surface area contributed by atoms with Gasteiger partial charge in [0.1, 0.15) is 0 Å². The second-order valence-electron chi connectivity index (χ2n) is 6.20. The first-order chi connectivity index (χ1) is 10.3. The Morgan fingerprint density at radius 3 is 2.62 bits per heavy atom. The molecular weight excluding hydrogens is 262 g/mol. The third-order valence-corrected chi connectivity index (χ3v) is 4.91. The number of carbonyl (C=O) groups is 1. The molecule has 1 aromatic rings. The van der Waals surface area contributed by atoms with Gasteiger partial charge in [-0.3, -0.25) is 4.79 Å². The molecule has 21 heavy (non-hydrogen) atoms. The first-order valence-corrected chi connectivity index (χ1v) is 8.10. The van der Waals surface area contributed by atoms with Gasteiger partial charge in [-0.05, 0) is 62.4 Å². The monoisotopic (exact) mass is 287 g/mol. The third-order valence-electron chi connectivity index (χ3n) is 4.91. The van der Waals surface area contributed by atoms with Gasteiger partial charge in [-0.2, -0.15) is 0 Å². The van der Waals surface area contributed by atoms with Crippen LogP contribution in [0.25, 0.3) is 0 Å². The van der Waals surface area contributed by atoms with Crippen LogP contribution < -0.4 is 16.0 Å². The number of benzene rings is 1. The minimum Gasteiger partial charge on any atom is -0.382 e. The van der Waals surface area contributed by atoms with E-state index in [1.165, 1.54) is 38.6 Å². The van der Waals surface area contributed by atoms with E-state index in [1.54, 1.807) is 7.05 Å². The third kappa shape index (κ3) is 3.21. The van der Waals surface area contributed by atoms with Crippen molar-refractivity contribution >= 4 is 11.6 Å². The largest absolute Gasteiger partial charge is 0.382 e. The maximum Gasteiger partial charge on any atom is 0.251 e. The zero-order chi connectivity index (χ0) is 14.7. The molecule has 4 nitrogen and oxygen atoms in total. The topological polar surface area (TPSA) is 53.2 Å². The van der Waals surface area contributed by atoms with Crippen LogP contribution >= 0.6 is 0 Å². The van der Waals surface area contributed by atoms with Crippen LogP contribution in [0.3, 0.4) is 0 Å². The van der Waals surface area contributed by atoms with E-state index in [-0.39, 0.29) is 5.91 Å². The highest BCUT2D eigenvalue weighted by molar-refractivity contribution is 5.94. The van der Waals surface area contributed by atoms with Crippen LogP contribution in [-0.2, 0) is 0 Å². The number of rotatable bonds is 4. The molecule has 3 unspecified atom stereocenters. The summed E-state index contributed by atoms with van der Waals surface area (Å²) >= 11 is 0. The number of amides is 1. The lowest BCUT2D eigenvalue weighted by Gasteiger charge is -2.27. The first-order valence-electron chi connectivity index (χ1n) is 8.10. The SMILES string of the molecule is CNC(=O)c1ccc(NC2CCCC2C2CCCN2)cc1. The van der Waals surface area contributed by atoms with Gasteiger partial charge < -0.3 is 16.0 Å². The van der Waals surface area contributed by atoms with E-state index in [2.05, 4.69) is 16.0 Å². The Kier molecular flexibility index (Phi) is 4.44. The lowest BCUT2D eigenvalue weighted by Crippen LogP contribution is -2.38. The molecule has 1 aliphatic heterocycles. The van der Waals surface area contributed by atoms with Crippen LogP contribution in [0, 0.1) is 5.92 Å². The van der Waals surface area contributed by atoms with Gasteiger partial charge in [0.15, 0.2) is 0 Å². The fourth-order valence-electron chi connectivity index (χ4n) is 3.80. The van der Waals surface area contributed by atoms with Crippen LogP contribution in [-0.4, -0.2) is 31.6 Å². The lowest BCUT2D eigenvalue weighted by atomic mass is 9.93. The Morgan fingerprint density at radius 1 is 1.14 bits per heavy atom. The van der Waals surface area contributed by atoms with Gasteiger partial charge in [-0.25, -0.2) is 0 Å². The second kappa shape index (κ2) is 6.48.